The quantitative estimate of drug-likeness (QED) is 0.646. The Kier molecular flexibility index (Phi) is 2.81. The highest BCUT2D eigenvalue weighted by molar-refractivity contribution is 5.64. The minimum atomic E-state index is 1.13. The summed E-state index contributed by atoms with van der Waals surface area (Å²) in [6, 6.07) is 1.96. The van der Waals surface area contributed by atoms with Gasteiger partial charge in [-0.1, -0.05) is 24.3 Å². The fraction of sp³-hybridized carbons (Fsp3) is 0.182. The number of hydrogen-bond donors (Lipinski definition) is 0. The van der Waals surface area contributed by atoms with Gasteiger partial charge in [-0.25, -0.2) is 0 Å². The van der Waals surface area contributed by atoms with Gasteiger partial charge in [-0.3, -0.25) is 4.98 Å². The van der Waals surface area contributed by atoms with E-state index in [2.05, 4.69) is 31.5 Å². The molecule has 0 aromatic carbocycles. The van der Waals surface area contributed by atoms with E-state index in [-0.39, 0.29) is 0 Å². The van der Waals surface area contributed by atoms with E-state index in [1.165, 1.54) is 5.57 Å². The van der Waals surface area contributed by atoms with Gasteiger partial charge in [0, 0.05) is 12.4 Å². The zero-order valence-electron chi connectivity index (χ0n) is 7.54. The van der Waals surface area contributed by atoms with Crippen molar-refractivity contribution in [2.75, 3.05) is 0 Å². The van der Waals surface area contributed by atoms with E-state index in [0.29, 0.717) is 0 Å². The van der Waals surface area contributed by atoms with E-state index in [4.69, 9.17) is 0 Å². The molecule has 0 aliphatic rings. The van der Waals surface area contributed by atoms with Crippen molar-refractivity contribution >= 4 is 12.2 Å². The van der Waals surface area contributed by atoms with Crippen LogP contribution in [0.3, 0.4) is 0 Å². The van der Waals surface area contributed by atoms with Gasteiger partial charge in [-0.15, -0.1) is 0 Å². The predicted octanol–water partition coefficient (Wildman–Crippen LogP) is 3.15. The Balaban J connectivity index is 3.14. The van der Waals surface area contributed by atoms with Crippen molar-refractivity contribution < 1.29 is 0 Å². The van der Waals surface area contributed by atoms with E-state index in [9.17, 15) is 0 Å². The second-order valence-electron chi connectivity index (χ2n) is 2.93. The molecule has 62 valence electrons. The first-order valence-corrected chi connectivity index (χ1v) is 3.95. The van der Waals surface area contributed by atoms with Gasteiger partial charge in [-0.2, -0.15) is 0 Å². The highest BCUT2D eigenvalue weighted by Crippen LogP contribution is 2.11. The monoisotopic (exact) mass is 159 g/mol. The molecule has 0 fully saturated rings. The Labute approximate surface area is 73.5 Å². The number of nitrogens with zero attached hydrogens (tertiary/aromatic N) is 1. The smallest absolute Gasteiger partial charge is 0.0346 e. The van der Waals surface area contributed by atoms with Crippen LogP contribution in [-0.2, 0) is 0 Å². The summed E-state index contributed by atoms with van der Waals surface area (Å²) in [5.41, 5.74) is 3.53. The van der Waals surface area contributed by atoms with Crippen LogP contribution in [0.2, 0.25) is 0 Å². The van der Waals surface area contributed by atoms with Gasteiger partial charge in [0.1, 0.15) is 0 Å². The van der Waals surface area contributed by atoms with E-state index in [1.807, 2.05) is 18.3 Å². The molecule has 1 heterocycles. The van der Waals surface area contributed by atoms with Crippen LogP contribution < -0.4 is 0 Å². The number of pyridine rings is 1. The lowest BCUT2D eigenvalue weighted by Gasteiger charge is -1.99. The van der Waals surface area contributed by atoms with Crippen LogP contribution in [0.4, 0.5) is 0 Å². The van der Waals surface area contributed by atoms with Crippen LogP contribution in [0.5, 0.6) is 0 Å². The molecule has 12 heavy (non-hydrogen) atoms. The minimum Gasteiger partial charge on any atom is -0.264 e. The maximum absolute atomic E-state index is 4.05. The first kappa shape index (κ1) is 8.72. The van der Waals surface area contributed by atoms with E-state index >= 15 is 0 Å². The van der Waals surface area contributed by atoms with Gasteiger partial charge in [0.25, 0.3) is 0 Å². The molecule has 0 saturated carbocycles. The molecule has 0 bridgehead atoms. The van der Waals surface area contributed by atoms with Crippen molar-refractivity contribution in [3.8, 4) is 0 Å². The number of aromatic nitrogens is 1. The lowest BCUT2D eigenvalue weighted by molar-refractivity contribution is 1.30. The molecular formula is C11H13N. The lowest BCUT2D eigenvalue weighted by Crippen LogP contribution is -1.82. The first-order chi connectivity index (χ1) is 5.74. The zero-order valence-corrected chi connectivity index (χ0v) is 7.54. The van der Waals surface area contributed by atoms with Gasteiger partial charge >= 0.3 is 0 Å². The fourth-order valence-corrected chi connectivity index (χ4v) is 1.03. The molecular weight excluding hydrogens is 146 g/mol. The van der Waals surface area contributed by atoms with Gasteiger partial charge in [0.05, 0.1) is 0 Å². The molecule has 1 heteroatoms. The summed E-state index contributed by atoms with van der Waals surface area (Å²) < 4.78 is 0. The molecule has 0 radical (unpaired) electrons. The molecule has 0 N–H and O–H groups in total. The highest BCUT2D eigenvalue weighted by atomic mass is 14.6. The Morgan fingerprint density at radius 3 is 2.75 bits per heavy atom. The highest BCUT2D eigenvalue weighted by Gasteiger charge is 1.93. The summed E-state index contributed by atoms with van der Waals surface area (Å²) >= 11 is 0. The van der Waals surface area contributed by atoms with Crippen molar-refractivity contribution in [3.63, 3.8) is 0 Å². The van der Waals surface area contributed by atoms with Crippen LogP contribution in [0.25, 0.3) is 12.2 Å². The third-order valence-corrected chi connectivity index (χ3v) is 1.55. The van der Waals surface area contributed by atoms with Crippen molar-refractivity contribution in [2.24, 2.45) is 0 Å². The van der Waals surface area contributed by atoms with Gasteiger partial charge < -0.3 is 0 Å². The van der Waals surface area contributed by atoms with Gasteiger partial charge in [0.2, 0.25) is 0 Å². The maximum Gasteiger partial charge on any atom is 0.0346 e. The van der Waals surface area contributed by atoms with Crippen molar-refractivity contribution in [1.29, 1.82) is 0 Å². The molecule has 1 aromatic rings. The fourth-order valence-electron chi connectivity index (χ4n) is 1.03. The third kappa shape index (κ3) is 2.06. The minimum absolute atomic E-state index is 1.13. The molecule has 1 rings (SSSR count). The molecule has 0 atom stereocenters. The van der Waals surface area contributed by atoms with Crippen molar-refractivity contribution in [1.82, 2.24) is 4.98 Å². The number of hydrogen-bond acceptors (Lipinski definition) is 1. The average Bonchev–Trinajstić information content (AvgIpc) is 2.04. The van der Waals surface area contributed by atoms with Crippen molar-refractivity contribution in [3.05, 3.63) is 41.7 Å². The second kappa shape index (κ2) is 3.86. The molecule has 0 amide bonds. The number of allylic oxidation sites excluding steroid dienone is 1. The predicted molar refractivity (Wildman–Crippen MR) is 53.7 cm³/mol. The lowest BCUT2D eigenvalue weighted by atomic mass is 10.1. The van der Waals surface area contributed by atoms with Crippen LogP contribution >= 0.6 is 0 Å². The number of rotatable bonds is 2. The average molecular weight is 159 g/mol. The van der Waals surface area contributed by atoms with Crippen molar-refractivity contribution in [2.45, 2.75) is 13.8 Å². The molecule has 0 spiro atoms. The third-order valence-electron chi connectivity index (χ3n) is 1.55. The van der Waals surface area contributed by atoms with E-state index in [1.54, 1.807) is 6.20 Å². The van der Waals surface area contributed by atoms with E-state index in [0.717, 1.165) is 11.1 Å². The maximum atomic E-state index is 4.05. The van der Waals surface area contributed by atoms with Gasteiger partial charge in [-0.05, 0) is 31.0 Å². The summed E-state index contributed by atoms with van der Waals surface area (Å²) in [4.78, 5) is 4.05. The second-order valence-corrected chi connectivity index (χ2v) is 2.93. The summed E-state index contributed by atoms with van der Waals surface area (Å²) in [5.74, 6) is 0. The molecule has 0 unspecified atom stereocenters. The van der Waals surface area contributed by atoms with Crippen LogP contribution in [0.15, 0.2) is 30.6 Å². The SMILES string of the molecule is C=Cc1ccncc1C=C(C)C. The normalized spacial score (nSPS) is 9.17. The van der Waals surface area contributed by atoms with Crippen LogP contribution in [-0.4, -0.2) is 4.98 Å². The molecule has 0 saturated heterocycles. The zero-order chi connectivity index (χ0) is 8.97. The molecule has 1 nitrogen and oxygen atoms in total. The topological polar surface area (TPSA) is 12.9 Å². The van der Waals surface area contributed by atoms with Crippen LogP contribution in [0, 0.1) is 0 Å². The Hall–Kier alpha value is -1.37. The van der Waals surface area contributed by atoms with Crippen LogP contribution in [0.1, 0.15) is 25.0 Å². The Morgan fingerprint density at radius 2 is 2.17 bits per heavy atom. The Morgan fingerprint density at radius 1 is 1.42 bits per heavy atom. The summed E-state index contributed by atoms with van der Waals surface area (Å²) in [7, 11) is 0. The standard InChI is InChI=1S/C11H13N/c1-4-10-5-6-12-8-11(10)7-9(2)3/h4-8H,1H2,2-3H3. The summed E-state index contributed by atoms with van der Waals surface area (Å²) in [5, 5.41) is 0. The molecule has 0 aliphatic carbocycles. The largest absolute Gasteiger partial charge is 0.264 e. The molecule has 0 aliphatic heterocycles. The summed E-state index contributed by atoms with van der Waals surface area (Å²) in [6.45, 7) is 7.88. The first-order valence-electron chi connectivity index (χ1n) is 3.95. The summed E-state index contributed by atoms with van der Waals surface area (Å²) in [6.07, 6.45) is 7.57. The van der Waals surface area contributed by atoms with E-state index < -0.39 is 0 Å². The molecule has 1 aromatic heterocycles. The van der Waals surface area contributed by atoms with Gasteiger partial charge in [0.15, 0.2) is 0 Å². The Bertz CT molecular complexity index is 307.